The second kappa shape index (κ2) is 5.12. The molecule has 0 aliphatic heterocycles. The number of esters is 1. The number of hydrogen-bond donors (Lipinski definition) is 0. The maximum atomic E-state index is 11.9. The van der Waals surface area contributed by atoms with Gasteiger partial charge in [-0.2, -0.15) is 0 Å². The third-order valence-electron chi connectivity index (χ3n) is 2.52. The molecular weight excluding hydrogens is 212 g/mol. The van der Waals surface area contributed by atoms with Crippen LogP contribution >= 0.6 is 0 Å². The highest BCUT2D eigenvalue weighted by atomic mass is 16.6. The first-order valence-corrected chi connectivity index (χ1v) is 6.17. The van der Waals surface area contributed by atoms with E-state index >= 15 is 0 Å². The highest BCUT2D eigenvalue weighted by molar-refractivity contribution is 5.76. The Hall–Kier alpha value is -0.970. The molecule has 0 aromatic rings. The Labute approximate surface area is 106 Å². The van der Waals surface area contributed by atoms with Crippen LogP contribution in [0.2, 0.25) is 0 Å². The Bertz CT molecular complexity index is 332. The molecule has 0 aromatic carbocycles. The van der Waals surface area contributed by atoms with Gasteiger partial charge in [0.2, 0.25) is 0 Å². The van der Waals surface area contributed by atoms with E-state index in [1.165, 1.54) is 0 Å². The average molecular weight is 238 g/mol. The molecule has 2 nitrogen and oxygen atoms in total. The van der Waals surface area contributed by atoms with E-state index < -0.39 is 11.0 Å². The molecule has 0 unspecified atom stereocenters. The van der Waals surface area contributed by atoms with Gasteiger partial charge in [0.1, 0.15) is 0 Å². The zero-order chi connectivity index (χ0) is 13.9. The molecule has 0 bridgehead atoms. The fraction of sp³-hybridized carbons (Fsp3) is 0.800. The van der Waals surface area contributed by atoms with Gasteiger partial charge < -0.3 is 4.74 Å². The number of rotatable bonds is 3. The molecule has 0 radical (unpaired) electrons. The van der Waals surface area contributed by atoms with Crippen LogP contribution in [-0.2, 0) is 9.53 Å². The molecule has 0 saturated heterocycles. The Morgan fingerprint density at radius 3 is 1.82 bits per heavy atom. The number of hydrogen-bond acceptors (Lipinski definition) is 2. The predicted molar refractivity (Wildman–Crippen MR) is 71.5 cm³/mol. The Balaban J connectivity index is 4.77. The fourth-order valence-electron chi connectivity index (χ4n) is 0.878. The van der Waals surface area contributed by atoms with Crippen LogP contribution in [0.3, 0.4) is 0 Å². The van der Waals surface area contributed by atoms with Gasteiger partial charge in [-0.3, -0.25) is 4.79 Å². The smallest absolute Gasteiger partial charge is 0.312 e. The van der Waals surface area contributed by atoms with Gasteiger partial charge in [-0.05, 0) is 54.9 Å². The minimum atomic E-state index is -0.725. The maximum absolute atomic E-state index is 11.9. The minimum absolute atomic E-state index is 0.0794. The van der Waals surface area contributed by atoms with E-state index in [9.17, 15) is 4.79 Å². The molecule has 0 aliphatic carbocycles. The fourth-order valence-corrected chi connectivity index (χ4v) is 0.878. The summed E-state index contributed by atoms with van der Waals surface area (Å²) in [5, 5.41) is 0. The van der Waals surface area contributed by atoms with Gasteiger partial charge in [-0.1, -0.05) is 18.8 Å². The zero-order valence-electron chi connectivity index (χ0n) is 12.5. The summed E-state index contributed by atoms with van der Waals surface area (Å²) >= 11 is 0. The van der Waals surface area contributed by atoms with Crippen LogP contribution in [-0.4, -0.2) is 11.6 Å². The van der Waals surface area contributed by atoms with Crippen molar-refractivity contribution in [3.05, 3.63) is 0 Å². The quantitative estimate of drug-likeness (QED) is 0.552. The molecule has 0 fully saturated rings. The molecule has 0 aromatic heterocycles. The van der Waals surface area contributed by atoms with Crippen LogP contribution in [0, 0.1) is 22.7 Å². The number of carbonyl (C=O) groups is 1. The Morgan fingerprint density at radius 1 is 1.00 bits per heavy atom. The second-order valence-electron chi connectivity index (χ2n) is 6.64. The summed E-state index contributed by atoms with van der Waals surface area (Å²) in [6.45, 7) is 15.5. The van der Waals surface area contributed by atoms with E-state index in [2.05, 4.69) is 11.8 Å². The first-order valence-electron chi connectivity index (χ1n) is 6.17. The van der Waals surface area contributed by atoms with Crippen molar-refractivity contribution in [1.29, 1.82) is 0 Å². The van der Waals surface area contributed by atoms with Crippen molar-refractivity contribution >= 4 is 5.97 Å². The molecule has 0 atom stereocenters. The molecule has 2 heteroatoms. The number of carbonyl (C=O) groups excluding carboxylic acids is 1. The lowest BCUT2D eigenvalue weighted by molar-refractivity contribution is -0.162. The lowest BCUT2D eigenvalue weighted by Crippen LogP contribution is -2.34. The predicted octanol–water partition coefficient (Wildman–Crippen LogP) is 3.79. The van der Waals surface area contributed by atoms with E-state index in [-0.39, 0.29) is 11.4 Å². The van der Waals surface area contributed by atoms with Crippen molar-refractivity contribution in [3.63, 3.8) is 0 Å². The summed E-state index contributed by atoms with van der Waals surface area (Å²) in [6.07, 6.45) is 0.759. The van der Waals surface area contributed by atoms with Gasteiger partial charge in [-0.15, -0.1) is 0 Å². The molecule has 98 valence electrons. The van der Waals surface area contributed by atoms with Crippen LogP contribution in [0.25, 0.3) is 0 Å². The SMILES string of the molecule is CCC(C)(C)C(=O)OC(C)(C)C#CC(C)(C)C. The highest BCUT2D eigenvalue weighted by Gasteiger charge is 2.32. The van der Waals surface area contributed by atoms with Crippen LogP contribution in [0.1, 0.15) is 61.8 Å². The molecule has 0 heterocycles. The van der Waals surface area contributed by atoms with Crippen molar-refractivity contribution < 1.29 is 9.53 Å². The Kier molecular flexibility index (Phi) is 4.83. The van der Waals surface area contributed by atoms with Gasteiger partial charge in [0.15, 0.2) is 5.60 Å². The van der Waals surface area contributed by atoms with E-state index in [4.69, 9.17) is 4.74 Å². The van der Waals surface area contributed by atoms with E-state index in [1.54, 1.807) is 0 Å². The largest absolute Gasteiger partial charge is 0.446 e. The van der Waals surface area contributed by atoms with Crippen LogP contribution < -0.4 is 0 Å². The van der Waals surface area contributed by atoms with Crippen molar-refractivity contribution in [2.24, 2.45) is 10.8 Å². The summed E-state index contributed by atoms with van der Waals surface area (Å²) < 4.78 is 5.48. The Morgan fingerprint density at radius 2 is 1.47 bits per heavy atom. The van der Waals surface area contributed by atoms with E-state index in [1.807, 2.05) is 55.4 Å². The summed E-state index contributed by atoms with van der Waals surface area (Å²) in [5.41, 5.74) is -1.25. The van der Waals surface area contributed by atoms with Crippen LogP contribution in [0.15, 0.2) is 0 Å². The lowest BCUT2D eigenvalue weighted by Gasteiger charge is -2.27. The van der Waals surface area contributed by atoms with Crippen molar-refractivity contribution in [1.82, 2.24) is 0 Å². The van der Waals surface area contributed by atoms with Crippen LogP contribution in [0.4, 0.5) is 0 Å². The number of ether oxygens (including phenoxy) is 1. The van der Waals surface area contributed by atoms with Gasteiger partial charge in [-0.25, -0.2) is 0 Å². The molecule has 0 amide bonds. The van der Waals surface area contributed by atoms with Gasteiger partial charge in [0.25, 0.3) is 0 Å². The van der Waals surface area contributed by atoms with Crippen LogP contribution in [0.5, 0.6) is 0 Å². The first kappa shape index (κ1) is 16.0. The van der Waals surface area contributed by atoms with Gasteiger partial charge in [0.05, 0.1) is 5.41 Å². The average Bonchev–Trinajstić information content (AvgIpc) is 2.13. The molecule has 17 heavy (non-hydrogen) atoms. The minimum Gasteiger partial charge on any atom is -0.446 e. The maximum Gasteiger partial charge on any atom is 0.312 e. The molecular formula is C15H26O2. The highest BCUT2D eigenvalue weighted by Crippen LogP contribution is 2.25. The van der Waals surface area contributed by atoms with Gasteiger partial charge >= 0.3 is 5.97 Å². The summed E-state index contributed by atoms with van der Waals surface area (Å²) in [5.74, 6) is 5.96. The van der Waals surface area contributed by atoms with Gasteiger partial charge in [0, 0.05) is 5.41 Å². The lowest BCUT2D eigenvalue weighted by atomic mass is 9.90. The topological polar surface area (TPSA) is 26.3 Å². The third kappa shape index (κ3) is 6.36. The normalized spacial score (nSPS) is 12.7. The van der Waals surface area contributed by atoms with E-state index in [0.29, 0.717) is 0 Å². The second-order valence-corrected chi connectivity index (χ2v) is 6.64. The molecule has 0 rings (SSSR count). The van der Waals surface area contributed by atoms with Crippen molar-refractivity contribution in [2.45, 2.75) is 67.4 Å². The molecule has 0 spiro atoms. The summed E-state index contributed by atoms with van der Waals surface area (Å²) in [6, 6.07) is 0. The molecule has 0 N–H and O–H groups in total. The summed E-state index contributed by atoms with van der Waals surface area (Å²) in [7, 11) is 0. The monoisotopic (exact) mass is 238 g/mol. The molecule has 0 aliphatic rings. The van der Waals surface area contributed by atoms with Crippen molar-refractivity contribution in [3.8, 4) is 11.8 Å². The first-order chi connectivity index (χ1) is 7.40. The van der Waals surface area contributed by atoms with E-state index in [0.717, 1.165) is 6.42 Å². The summed E-state index contributed by atoms with van der Waals surface area (Å²) in [4.78, 5) is 11.9. The third-order valence-corrected chi connectivity index (χ3v) is 2.52. The molecule has 0 saturated carbocycles. The standard InChI is InChI=1S/C15H26O2/c1-9-14(5,6)12(16)17-15(7,8)11-10-13(2,3)4/h9H2,1-8H3. The van der Waals surface area contributed by atoms with Crippen molar-refractivity contribution in [2.75, 3.05) is 0 Å². The zero-order valence-corrected chi connectivity index (χ0v) is 12.5.